The van der Waals surface area contributed by atoms with Gasteiger partial charge in [0.15, 0.2) is 0 Å². The summed E-state index contributed by atoms with van der Waals surface area (Å²) < 4.78 is 0. The molecule has 0 aromatic heterocycles. The lowest BCUT2D eigenvalue weighted by molar-refractivity contribution is -0.139. The molecule has 3 aromatic rings. The molecule has 1 aliphatic rings. The van der Waals surface area contributed by atoms with Crippen molar-refractivity contribution in [3.8, 4) is 0 Å². The molecule has 0 saturated heterocycles. The second kappa shape index (κ2) is 14.4. The maximum absolute atomic E-state index is 13.8. The molecule has 2 amide bonds. The van der Waals surface area contributed by atoms with Crippen LogP contribution in [0.25, 0.3) is 0 Å². The molecular weight excluding hydrogens is 512 g/mol. The Hall–Kier alpha value is -2.76. The summed E-state index contributed by atoms with van der Waals surface area (Å²) >= 11 is 7.73. The second-order valence-electron chi connectivity index (χ2n) is 10.1. The van der Waals surface area contributed by atoms with Crippen LogP contribution in [0.4, 0.5) is 0 Å². The van der Waals surface area contributed by atoms with Gasteiger partial charge in [-0.2, -0.15) is 0 Å². The maximum atomic E-state index is 13.8. The third kappa shape index (κ3) is 8.37. The zero-order valence-electron chi connectivity index (χ0n) is 22.1. The summed E-state index contributed by atoms with van der Waals surface area (Å²) in [5.74, 6) is 0.972. The summed E-state index contributed by atoms with van der Waals surface area (Å²) in [6, 6.07) is 25.4. The fourth-order valence-electron chi connectivity index (χ4n) is 4.99. The first-order chi connectivity index (χ1) is 18.5. The van der Waals surface area contributed by atoms with Gasteiger partial charge < -0.3 is 10.2 Å². The molecular formula is C32H37ClN2O2S. The SMILES string of the molecule is Cc1ccccc1CSCC(=O)N(Cc1ccc(Cl)cc1)[C@H](Cc1ccccc1)C(=O)NC1CCCCC1. The Morgan fingerprint density at radius 3 is 2.32 bits per heavy atom. The lowest BCUT2D eigenvalue weighted by Gasteiger charge is -2.33. The number of nitrogens with zero attached hydrogens (tertiary/aromatic N) is 1. The molecule has 1 saturated carbocycles. The quantitative estimate of drug-likeness (QED) is 0.281. The van der Waals surface area contributed by atoms with Gasteiger partial charge in [0.05, 0.1) is 5.75 Å². The minimum absolute atomic E-state index is 0.0294. The van der Waals surface area contributed by atoms with Crippen molar-refractivity contribution in [2.24, 2.45) is 0 Å². The number of hydrogen-bond acceptors (Lipinski definition) is 3. The molecule has 200 valence electrons. The van der Waals surface area contributed by atoms with Gasteiger partial charge in [0.25, 0.3) is 0 Å². The predicted octanol–water partition coefficient (Wildman–Crippen LogP) is 6.97. The summed E-state index contributed by atoms with van der Waals surface area (Å²) in [5, 5.41) is 3.95. The van der Waals surface area contributed by atoms with Crippen LogP contribution < -0.4 is 5.32 Å². The number of carbonyl (C=O) groups is 2. The Labute approximate surface area is 236 Å². The van der Waals surface area contributed by atoms with Crippen LogP contribution in [0.1, 0.15) is 54.4 Å². The van der Waals surface area contributed by atoms with Crippen LogP contribution in [0.3, 0.4) is 0 Å². The van der Waals surface area contributed by atoms with Crippen molar-refractivity contribution < 1.29 is 9.59 Å². The van der Waals surface area contributed by atoms with Crippen LogP contribution in [-0.4, -0.2) is 34.6 Å². The van der Waals surface area contributed by atoms with E-state index in [4.69, 9.17) is 11.6 Å². The minimum Gasteiger partial charge on any atom is -0.352 e. The highest BCUT2D eigenvalue weighted by Gasteiger charge is 2.31. The summed E-state index contributed by atoms with van der Waals surface area (Å²) in [5.41, 5.74) is 4.44. The number of thioether (sulfide) groups is 1. The van der Waals surface area contributed by atoms with Crippen LogP contribution in [0.2, 0.25) is 5.02 Å². The van der Waals surface area contributed by atoms with E-state index in [0.717, 1.165) is 42.6 Å². The largest absolute Gasteiger partial charge is 0.352 e. The molecule has 0 spiro atoms. The number of benzene rings is 3. The standard InChI is InChI=1S/C32H37ClN2O2S/c1-24-10-8-9-13-27(24)22-38-23-31(36)35(21-26-16-18-28(33)19-17-26)30(20-25-11-4-2-5-12-25)32(37)34-29-14-6-3-7-15-29/h2,4-5,8-13,16-19,29-30H,3,6-7,14-15,20-23H2,1H3,(H,34,37)/t30-/m1/s1. The smallest absolute Gasteiger partial charge is 0.243 e. The highest BCUT2D eigenvalue weighted by atomic mass is 35.5. The van der Waals surface area contributed by atoms with Gasteiger partial charge in [0.2, 0.25) is 11.8 Å². The highest BCUT2D eigenvalue weighted by molar-refractivity contribution is 7.99. The molecule has 0 heterocycles. The average molecular weight is 549 g/mol. The monoisotopic (exact) mass is 548 g/mol. The first kappa shape index (κ1) is 28.3. The number of halogens is 1. The Morgan fingerprint density at radius 2 is 1.61 bits per heavy atom. The van der Waals surface area contributed by atoms with Gasteiger partial charge in [0, 0.05) is 29.8 Å². The predicted molar refractivity (Wildman–Crippen MR) is 158 cm³/mol. The Balaban J connectivity index is 1.56. The van der Waals surface area contributed by atoms with E-state index in [-0.39, 0.29) is 17.9 Å². The summed E-state index contributed by atoms with van der Waals surface area (Å²) in [6.07, 6.45) is 5.97. The average Bonchev–Trinajstić information content (AvgIpc) is 2.94. The normalized spacial score (nSPS) is 14.6. The van der Waals surface area contributed by atoms with Gasteiger partial charge in [-0.3, -0.25) is 9.59 Å². The van der Waals surface area contributed by atoms with Crippen molar-refractivity contribution in [1.29, 1.82) is 0 Å². The van der Waals surface area contributed by atoms with Crippen molar-refractivity contribution in [3.05, 3.63) is 106 Å². The van der Waals surface area contributed by atoms with Crippen molar-refractivity contribution in [1.82, 2.24) is 10.2 Å². The Bertz CT molecular complexity index is 1180. The van der Waals surface area contributed by atoms with E-state index in [1.165, 1.54) is 17.5 Å². The summed E-state index contributed by atoms with van der Waals surface area (Å²) in [6.45, 7) is 2.45. The number of rotatable bonds is 11. The molecule has 3 aromatic carbocycles. The van der Waals surface area contributed by atoms with E-state index in [0.29, 0.717) is 23.7 Å². The molecule has 4 rings (SSSR count). The van der Waals surface area contributed by atoms with Gasteiger partial charge in [-0.05, 0) is 54.2 Å². The van der Waals surface area contributed by atoms with Crippen molar-refractivity contribution in [2.45, 2.75) is 69.8 Å². The topological polar surface area (TPSA) is 49.4 Å². The van der Waals surface area contributed by atoms with Crippen molar-refractivity contribution in [3.63, 3.8) is 0 Å². The van der Waals surface area contributed by atoms with Crippen molar-refractivity contribution in [2.75, 3.05) is 5.75 Å². The van der Waals surface area contributed by atoms with Crippen LogP contribution in [0, 0.1) is 6.92 Å². The Morgan fingerprint density at radius 1 is 0.921 bits per heavy atom. The molecule has 1 atom stereocenters. The van der Waals surface area contributed by atoms with Crippen LogP contribution >= 0.6 is 23.4 Å². The highest BCUT2D eigenvalue weighted by Crippen LogP contribution is 2.22. The molecule has 4 nitrogen and oxygen atoms in total. The van der Waals surface area contributed by atoms with Crippen LogP contribution in [0.15, 0.2) is 78.9 Å². The number of nitrogens with one attached hydrogen (secondary N) is 1. The molecule has 0 aliphatic heterocycles. The third-order valence-electron chi connectivity index (χ3n) is 7.23. The first-order valence-electron chi connectivity index (χ1n) is 13.5. The van der Waals surface area contributed by atoms with Gasteiger partial charge in [-0.1, -0.05) is 97.6 Å². The fraction of sp³-hybridized carbons (Fsp3) is 0.375. The van der Waals surface area contributed by atoms with E-state index in [1.54, 1.807) is 16.7 Å². The molecule has 38 heavy (non-hydrogen) atoms. The third-order valence-corrected chi connectivity index (χ3v) is 8.45. The zero-order chi connectivity index (χ0) is 26.7. The summed E-state index contributed by atoms with van der Waals surface area (Å²) in [4.78, 5) is 29.4. The van der Waals surface area contributed by atoms with E-state index in [9.17, 15) is 9.59 Å². The lowest BCUT2D eigenvalue weighted by Crippen LogP contribution is -2.53. The first-order valence-corrected chi connectivity index (χ1v) is 15.0. The fourth-order valence-corrected chi connectivity index (χ4v) is 6.10. The number of aryl methyl sites for hydroxylation is 1. The number of amides is 2. The molecule has 1 aliphatic carbocycles. The number of carbonyl (C=O) groups excluding carboxylic acids is 2. The van der Waals surface area contributed by atoms with E-state index in [1.807, 2.05) is 66.7 Å². The van der Waals surface area contributed by atoms with E-state index >= 15 is 0 Å². The van der Waals surface area contributed by atoms with E-state index in [2.05, 4.69) is 24.4 Å². The van der Waals surface area contributed by atoms with Crippen LogP contribution in [-0.2, 0) is 28.3 Å². The number of hydrogen-bond donors (Lipinski definition) is 1. The molecule has 1 fully saturated rings. The van der Waals surface area contributed by atoms with Crippen molar-refractivity contribution >= 4 is 35.2 Å². The molecule has 0 unspecified atom stereocenters. The zero-order valence-corrected chi connectivity index (χ0v) is 23.6. The van der Waals surface area contributed by atoms with Gasteiger partial charge in [0.1, 0.15) is 6.04 Å². The van der Waals surface area contributed by atoms with Gasteiger partial charge in [-0.25, -0.2) is 0 Å². The van der Waals surface area contributed by atoms with E-state index < -0.39 is 6.04 Å². The molecule has 0 radical (unpaired) electrons. The summed E-state index contributed by atoms with van der Waals surface area (Å²) in [7, 11) is 0. The van der Waals surface area contributed by atoms with Gasteiger partial charge in [-0.15, -0.1) is 11.8 Å². The van der Waals surface area contributed by atoms with Gasteiger partial charge >= 0.3 is 0 Å². The maximum Gasteiger partial charge on any atom is 0.243 e. The van der Waals surface area contributed by atoms with Crippen LogP contribution in [0.5, 0.6) is 0 Å². The second-order valence-corrected chi connectivity index (χ2v) is 11.5. The Kier molecular flexibility index (Phi) is 10.7. The molecule has 1 N–H and O–H groups in total. The minimum atomic E-state index is -0.596. The molecule has 0 bridgehead atoms. The lowest BCUT2D eigenvalue weighted by atomic mass is 9.94. The molecule has 6 heteroatoms.